The molecule has 2 rings (SSSR count). The van der Waals surface area contributed by atoms with Gasteiger partial charge in [0, 0.05) is 5.56 Å². The summed E-state index contributed by atoms with van der Waals surface area (Å²) in [5.74, 6) is 1.28. The summed E-state index contributed by atoms with van der Waals surface area (Å²) < 4.78 is 16.2. The Balaban J connectivity index is 2.05. The van der Waals surface area contributed by atoms with E-state index in [2.05, 4.69) is 33.8 Å². The Labute approximate surface area is 138 Å². The van der Waals surface area contributed by atoms with E-state index < -0.39 is 0 Å². The largest absolute Gasteiger partial charge is 0.493 e. The van der Waals surface area contributed by atoms with E-state index in [-0.39, 0.29) is 29.8 Å². The Kier molecular flexibility index (Phi) is 5.03. The van der Waals surface area contributed by atoms with Crippen molar-refractivity contribution < 1.29 is 19.0 Å². The number of carbonyl (C=O) groups excluding carboxylic acids is 1. The number of rotatable bonds is 6. The number of ether oxygens (including phenoxy) is 3. The smallest absolute Gasteiger partial charge is 0.310 e. The molecule has 1 saturated carbocycles. The van der Waals surface area contributed by atoms with Crippen LogP contribution in [0.5, 0.6) is 11.5 Å². The number of para-hydroxylation sites is 1. The molecule has 0 heterocycles. The molecule has 0 amide bonds. The zero-order valence-electron chi connectivity index (χ0n) is 14.8. The molecule has 0 spiro atoms. The second kappa shape index (κ2) is 6.65. The zero-order chi connectivity index (χ0) is 17.2. The fraction of sp³-hybridized carbons (Fsp3) is 0.526. The van der Waals surface area contributed by atoms with E-state index in [0.717, 1.165) is 5.56 Å². The number of benzene rings is 1. The van der Waals surface area contributed by atoms with E-state index in [9.17, 15) is 4.79 Å². The van der Waals surface area contributed by atoms with Crippen molar-refractivity contribution in [3.63, 3.8) is 0 Å². The van der Waals surface area contributed by atoms with Gasteiger partial charge in [0.25, 0.3) is 0 Å². The fourth-order valence-electron chi connectivity index (χ4n) is 3.10. The van der Waals surface area contributed by atoms with Gasteiger partial charge in [0.2, 0.25) is 0 Å². The maximum Gasteiger partial charge on any atom is 0.310 e. The van der Waals surface area contributed by atoms with Crippen molar-refractivity contribution in [3.8, 4) is 11.5 Å². The first kappa shape index (κ1) is 17.4. The summed E-state index contributed by atoms with van der Waals surface area (Å²) in [5, 5.41) is 0. The summed E-state index contributed by atoms with van der Waals surface area (Å²) in [6.45, 7) is 8.51. The molecule has 1 aliphatic carbocycles. The van der Waals surface area contributed by atoms with Crippen LogP contribution in [-0.2, 0) is 16.1 Å². The second-order valence-corrected chi connectivity index (χ2v) is 6.83. The molecule has 1 aromatic rings. The molecule has 0 N–H and O–H groups in total. The van der Waals surface area contributed by atoms with Gasteiger partial charge in [-0.2, -0.15) is 0 Å². The number of hydrogen-bond donors (Lipinski definition) is 0. The molecule has 1 aromatic carbocycles. The van der Waals surface area contributed by atoms with Crippen LogP contribution < -0.4 is 9.47 Å². The normalized spacial score (nSPS) is 21.3. The van der Waals surface area contributed by atoms with Crippen molar-refractivity contribution in [3.05, 3.63) is 35.4 Å². The first-order valence-electron chi connectivity index (χ1n) is 7.84. The Hall–Kier alpha value is -1.97. The Bertz CT molecular complexity index is 612. The van der Waals surface area contributed by atoms with Crippen molar-refractivity contribution in [2.75, 3.05) is 14.2 Å². The van der Waals surface area contributed by atoms with Gasteiger partial charge in [-0.25, -0.2) is 0 Å². The first-order valence-corrected chi connectivity index (χ1v) is 7.84. The lowest BCUT2D eigenvalue weighted by Crippen LogP contribution is -2.11. The van der Waals surface area contributed by atoms with Gasteiger partial charge >= 0.3 is 5.97 Å². The molecule has 0 bridgehead atoms. The summed E-state index contributed by atoms with van der Waals surface area (Å²) in [6.07, 6.45) is 2.16. The van der Waals surface area contributed by atoms with Crippen molar-refractivity contribution in [1.82, 2.24) is 0 Å². The van der Waals surface area contributed by atoms with Crippen LogP contribution in [0.3, 0.4) is 0 Å². The van der Waals surface area contributed by atoms with Gasteiger partial charge in [0.1, 0.15) is 6.61 Å². The minimum Gasteiger partial charge on any atom is -0.493 e. The van der Waals surface area contributed by atoms with Gasteiger partial charge in [-0.3, -0.25) is 4.79 Å². The first-order chi connectivity index (χ1) is 10.8. The second-order valence-electron chi connectivity index (χ2n) is 6.83. The summed E-state index contributed by atoms with van der Waals surface area (Å²) in [5.41, 5.74) is 2.00. The average molecular weight is 318 g/mol. The summed E-state index contributed by atoms with van der Waals surface area (Å²) >= 11 is 0. The number of methoxy groups -OCH3 is 2. The number of carbonyl (C=O) groups is 1. The minimum absolute atomic E-state index is 0.0349. The standard InChI is InChI=1S/C19H26O4/c1-12(2)10-14-16(19(14,3)4)18(20)23-11-13-8-7-9-15(21-5)17(13)22-6/h7-10,14,16H,11H2,1-6H3/t14-,16+/m0/s1. The maximum atomic E-state index is 12.4. The van der Waals surface area contributed by atoms with Gasteiger partial charge in [-0.15, -0.1) is 0 Å². The van der Waals surface area contributed by atoms with Gasteiger partial charge in [0.05, 0.1) is 20.1 Å². The lowest BCUT2D eigenvalue weighted by Gasteiger charge is -2.13. The fourth-order valence-corrected chi connectivity index (χ4v) is 3.10. The summed E-state index contributed by atoms with van der Waals surface area (Å²) in [4.78, 5) is 12.4. The van der Waals surface area contributed by atoms with Gasteiger partial charge in [0.15, 0.2) is 11.5 Å². The van der Waals surface area contributed by atoms with E-state index in [4.69, 9.17) is 14.2 Å². The molecule has 0 unspecified atom stereocenters. The van der Waals surface area contributed by atoms with Gasteiger partial charge < -0.3 is 14.2 Å². The third kappa shape index (κ3) is 3.52. The van der Waals surface area contributed by atoms with Crippen molar-refractivity contribution in [2.24, 2.45) is 17.3 Å². The minimum atomic E-state index is -0.151. The van der Waals surface area contributed by atoms with Crippen molar-refractivity contribution in [1.29, 1.82) is 0 Å². The molecule has 0 aromatic heterocycles. The Morgan fingerprint density at radius 3 is 2.48 bits per heavy atom. The predicted octanol–water partition coefficient (Wildman–Crippen LogP) is 3.99. The third-order valence-electron chi connectivity index (χ3n) is 4.53. The number of esters is 1. The topological polar surface area (TPSA) is 44.8 Å². The molecule has 2 atom stereocenters. The zero-order valence-corrected chi connectivity index (χ0v) is 14.8. The molecule has 1 aliphatic rings. The van der Waals surface area contributed by atoms with E-state index in [0.29, 0.717) is 11.5 Å². The molecular weight excluding hydrogens is 292 g/mol. The molecular formula is C19H26O4. The molecule has 0 radical (unpaired) electrons. The van der Waals surface area contributed by atoms with Crippen LogP contribution in [-0.4, -0.2) is 20.2 Å². The van der Waals surface area contributed by atoms with E-state index >= 15 is 0 Å². The van der Waals surface area contributed by atoms with Crippen LogP contribution >= 0.6 is 0 Å². The van der Waals surface area contributed by atoms with Crippen LogP contribution in [0.1, 0.15) is 33.3 Å². The highest BCUT2D eigenvalue weighted by Gasteiger charge is 2.61. The van der Waals surface area contributed by atoms with Crippen LogP contribution in [0.15, 0.2) is 29.8 Å². The molecule has 1 fully saturated rings. The van der Waals surface area contributed by atoms with E-state index in [1.165, 1.54) is 5.57 Å². The predicted molar refractivity (Wildman–Crippen MR) is 89.5 cm³/mol. The van der Waals surface area contributed by atoms with Gasteiger partial charge in [-0.05, 0) is 31.2 Å². The van der Waals surface area contributed by atoms with Crippen LogP contribution in [0.2, 0.25) is 0 Å². The molecule has 0 aliphatic heterocycles. The Morgan fingerprint density at radius 1 is 1.22 bits per heavy atom. The molecule has 126 valence electrons. The van der Waals surface area contributed by atoms with Gasteiger partial charge in [-0.1, -0.05) is 37.6 Å². The Morgan fingerprint density at radius 2 is 1.91 bits per heavy atom. The SMILES string of the molecule is COc1cccc(COC(=O)[C@H]2[C@H](C=C(C)C)C2(C)C)c1OC. The molecule has 4 nitrogen and oxygen atoms in total. The lowest BCUT2D eigenvalue weighted by molar-refractivity contribution is -0.147. The molecule has 23 heavy (non-hydrogen) atoms. The monoisotopic (exact) mass is 318 g/mol. The van der Waals surface area contributed by atoms with Crippen LogP contribution in [0.25, 0.3) is 0 Å². The number of hydrogen-bond acceptors (Lipinski definition) is 4. The summed E-state index contributed by atoms with van der Waals surface area (Å²) in [6, 6.07) is 5.55. The lowest BCUT2D eigenvalue weighted by atomic mass is 10.1. The molecule has 0 saturated heterocycles. The van der Waals surface area contributed by atoms with Crippen molar-refractivity contribution in [2.45, 2.75) is 34.3 Å². The van der Waals surface area contributed by atoms with Crippen molar-refractivity contribution >= 4 is 5.97 Å². The third-order valence-corrected chi connectivity index (χ3v) is 4.53. The number of allylic oxidation sites excluding steroid dienone is 2. The highest BCUT2D eigenvalue weighted by molar-refractivity contribution is 5.78. The highest BCUT2D eigenvalue weighted by Crippen LogP contribution is 2.59. The average Bonchev–Trinajstić information content (AvgIpc) is 3.04. The van der Waals surface area contributed by atoms with Crippen LogP contribution in [0, 0.1) is 17.3 Å². The summed E-state index contributed by atoms with van der Waals surface area (Å²) in [7, 11) is 3.17. The maximum absolute atomic E-state index is 12.4. The van der Waals surface area contributed by atoms with E-state index in [1.807, 2.05) is 18.2 Å². The molecule has 4 heteroatoms. The quantitative estimate of drug-likeness (QED) is 0.588. The van der Waals surface area contributed by atoms with E-state index in [1.54, 1.807) is 14.2 Å². The van der Waals surface area contributed by atoms with Crippen LogP contribution in [0.4, 0.5) is 0 Å². The highest BCUT2D eigenvalue weighted by atomic mass is 16.5.